The zero-order valence-electron chi connectivity index (χ0n) is 12.9. The number of nitrogens with zero attached hydrogens (tertiary/aromatic N) is 1. The predicted octanol–water partition coefficient (Wildman–Crippen LogP) is 4.94. The summed E-state index contributed by atoms with van der Waals surface area (Å²) in [6.07, 6.45) is 6.23. The lowest BCUT2D eigenvalue weighted by Gasteiger charge is -2.27. The molecule has 0 aliphatic carbocycles. The van der Waals surface area contributed by atoms with E-state index in [-0.39, 0.29) is 5.82 Å². The number of rotatable bonds is 3. The second-order valence-corrected chi connectivity index (χ2v) is 6.08. The summed E-state index contributed by atoms with van der Waals surface area (Å²) in [5.74, 6) is -0.153. The normalized spacial score (nSPS) is 15.0. The van der Waals surface area contributed by atoms with Gasteiger partial charge >= 0.3 is 0 Å². The summed E-state index contributed by atoms with van der Waals surface area (Å²) in [5, 5.41) is 0.709. The van der Waals surface area contributed by atoms with E-state index in [2.05, 4.69) is 40.3 Å². The topological polar surface area (TPSA) is 19.0 Å². The lowest BCUT2D eigenvalue weighted by Crippen LogP contribution is -2.22. The van der Waals surface area contributed by atoms with Crippen molar-refractivity contribution >= 4 is 16.5 Å². The van der Waals surface area contributed by atoms with Crippen molar-refractivity contribution in [3.63, 3.8) is 0 Å². The number of benzene rings is 2. The Hall–Kier alpha value is -2.55. The molecule has 4 rings (SSSR count). The molecule has 0 saturated heterocycles. The van der Waals surface area contributed by atoms with Crippen LogP contribution < -0.4 is 0 Å². The molecule has 2 nitrogen and oxygen atoms in total. The monoisotopic (exact) mass is 306 g/mol. The van der Waals surface area contributed by atoms with Crippen molar-refractivity contribution in [1.29, 1.82) is 0 Å². The fourth-order valence-electron chi connectivity index (χ4n) is 3.36. The van der Waals surface area contributed by atoms with Crippen molar-refractivity contribution in [3.05, 3.63) is 77.9 Å². The van der Waals surface area contributed by atoms with Gasteiger partial charge in [-0.05, 0) is 36.1 Å². The first-order valence-corrected chi connectivity index (χ1v) is 8.06. The van der Waals surface area contributed by atoms with E-state index in [4.69, 9.17) is 0 Å². The van der Waals surface area contributed by atoms with Gasteiger partial charge < -0.3 is 9.88 Å². The molecule has 0 bridgehead atoms. The van der Waals surface area contributed by atoms with E-state index in [1.165, 1.54) is 17.2 Å². The first kappa shape index (κ1) is 14.1. The zero-order chi connectivity index (χ0) is 15.6. The number of hydrogen-bond acceptors (Lipinski definition) is 1. The van der Waals surface area contributed by atoms with Crippen LogP contribution in [0.5, 0.6) is 0 Å². The first-order chi connectivity index (χ1) is 11.3. The van der Waals surface area contributed by atoms with E-state index in [1.807, 2.05) is 18.3 Å². The number of hydrogen-bond donors (Lipinski definition) is 1. The van der Waals surface area contributed by atoms with Gasteiger partial charge in [0.2, 0.25) is 0 Å². The molecular weight excluding hydrogens is 287 g/mol. The average Bonchev–Trinajstić information content (AvgIpc) is 3.02. The summed E-state index contributed by atoms with van der Waals surface area (Å²) in [7, 11) is 0. The second-order valence-electron chi connectivity index (χ2n) is 6.08. The minimum atomic E-state index is -0.153. The Bertz CT molecular complexity index is 848. The maximum Gasteiger partial charge on any atom is 0.133 e. The van der Waals surface area contributed by atoms with Crippen molar-refractivity contribution in [2.75, 3.05) is 6.54 Å². The molecule has 2 heterocycles. The minimum Gasteiger partial charge on any atom is -0.373 e. The van der Waals surface area contributed by atoms with Crippen molar-refractivity contribution in [2.45, 2.75) is 19.4 Å². The summed E-state index contributed by atoms with van der Waals surface area (Å²) in [5.41, 5.74) is 4.37. The first-order valence-electron chi connectivity index (χ1n) is 8.06. The van der Waals surface area contributed by atoms with Crippen LogP contribution in [0.25, 0.3) is 16.5 Å². The fourth-order valence-corrected chi connectivity index (χ4v) is 3.36. The van der Waals surface area contributed by atoms with Crippen LogP contribution in [-0.4, -0.2) is 16.4 Å². The van der Waals surface area contributed by atoms with E-state index >= 15 is 0 Å². The number of aromatic amines is 1. The van der Waals surface area contributed by atoms with Gasteiger partial charge in [-0.25, -0.2) is 4.39 Å². The molecule has 1 N–H and O–H groups in total. The highest BCUT2D eigenvalue weighted by Gasteiger charge is 2.17. The van der Waals surface area contributed by atoms with E-state index in [1.54, 1.807) is 6.07 Å². The maximum absolute atomic E-state index is 14.2. The maximum atomic E-state index is 14.2. The summed E-state index contributed by atoms with van der Waals surface area (Å²) >= 11 is 0. The Kier molecular flexibility index (Phi) is 3.62. The van der Waals surface area contributed by atoms with Crippen LogP contribution in [0.15, 0.2) is 60.9 Å². The van der Waals surface area contributed by atoms with Gasteiger partial charge in [-0.1, -0.05) is 36.4 Å². The lowest BCUT2D eigenvalue weighted by atomic mass is 9.98. The molecule has 1 aromatic heterocycles. The third-order valence-electron chi connectivity index (χ3n) is 4.46. The smallest absolute Gasteiger partial charge is 0.133 e. The Balaban J connectivity index is 1.67. The van der Waals surface area contributed by atoms with Crippen LogP contribution >= 0.6 is 0 Å². The highest BCUT2D eigenvalue weighted by atomic mass is 19.1. The van der Waals surface area contributed by atoms with E-state index < -0.39 is 0 Å². The van der Waals surface area contributed by atoms with Crippen molar-refractivity contribution in [2.24, 2.45) is 0 Å². The van der Waals surface area contributed by atoms with Crippen LogP contribution in [0.1, 0.15) is 24.0 Å². The summed E-state index contributed by atoms with van der Waals surface area (Å²) in [4.78, 5) is 5.52. The van der Waals surface area contributed by atoms with Crippen molar-refractivity contribution in [3.8, 4) is 0 Å². The highest BCUT2D eigenvalue weighted by molar-refractivity contribution is 5.93. The molecule has 0 spiro atoms. The quantitative estimate of drug-likeness (QED) is 0.726. The Labute approximate surface area is 135 Å². The van der Waals surface area contributed by atoms with Gasteiger partial charge in [0.05, 0.1) is 0 Å². The Morgan fingerprint density at radius 2 is 1.91 bits per heavy atom. The van der Waals surface area contributed by atoms with Gasteiger partial charge in [0, 0.05) is 42.0 Å². The SMILES string of the molecule is Fc1cccc2[nH]cc(C3=CN(Cc4ccccc4)CCC3)c12. The molecular formula is C20H19FN2. The van der Waals surface area contributed by atoms with Crippen LogP contribution in [0.3, 0.4) is 0 Å². The molecule has 0 saturated carbocycles. The van der Waals surface area contributed by atoms with Crippen LogP contribution in [0.4, 0.5) is 4.39 Å². The molecule has 116 valence electrons. The van der Waals surface area contributed by atoms with Gasteiger partial charge in [0.15, 0.2) is 0 Å². The average molecular weight is 306 g/mol. The molecule has 23 heavy (non-hydrogen) atoms. The number of halogens is 1. The molecule has 2 aromatic carbocycles. The summed E-state index contributed by atoms with van der Waals surface area (Å²) in [6, 6.07) is 15.7. The van der Waals surface area contributed by atoms with Crippen LogP contribution in [-0.2, 0) is 6.54 Å². The third kappa shape index (κ3) is 2.74. The molecule has 1 aliphatic rings. The van der Waals surface area contributed by atoms with Crippen LogP contribution in [0.2, 0.25) is 0 Å². The van der Waals surface area contributed by atoms with Crippen LogP contribution in [0, 0.1) is 5.82 Å². The molecule has 0 amide bonds. The van der Waals surface area contributed by atoms with Gasteiger partial charge in [0.1, 0.15) is 5.82 Å². The van der Waals surface area contributed by atoms with Crippen molar-refractivity contribution in [1.82, 2.24) is 9.88 Å². The summed E-state index contributed by atoms with van der Waals surface area (Å²) < 4.78 is 14.2. The molecule has 0 radical (unpaired) electrons. The van der Waals surface area contributed by atoms with E-state index in [0.29, 0.717) is 5.39 Å². The highest BCUT2D eigenvalue weighted by Crippen LogP contribution is 2.32. The minimum absolute atomic E-state index is 0.153. The Morgan fingerprint density at radius 3 is 2.78 bits per heavy atom. The van der Waals surface area contributed by atoms with Gasteiger partial charge in [0.25, 0.3) is 0 Å². The molecule has 3 aromatic rings. The number of allylic oxidation sites excluding steroid dienone is 1. The predicted molar refractivity (Wildman–Crippen MR) is 92.3 cm³/mol. The van der Waals surface area contributed by atoms with Gasteiger partial charge in [-0.2, -0.15) is 0 Å². The molecule has 3 heteroatoms. The van der Waals surface area contributed by atoms with Gasteiger partial charge in [-0.15, -0.1) is 0 Å². The number of nitrogens with one attached hydrogen (secondary N) is 1. The molecule has 1 aliphatic heterocycles. The number of aromatic nitrogens is 1. The van der Waals surface area contributed by atoms with E-state index in [9.17, 15) is 4.39 Å². The molecule has 0 unspecified atom stereocenters. The molecule has 0 fully saturated rings. The number of fused-ring (bicyclic) bond motifs is 1. The van der Waals surface area contributed by atoms with Gasteiger partial charge in [-0.3, -0.25) is 0 Å². The second kappa shape index (κ2) is 5.92. The van der Waals surface area contributed by atoms with E-state index in [0.717, 1.165) is 37.0 Å². The zero-order valence-corrected chi connectivity index (χ0v) is 12.9. The van der Waals surface area contributed by atoms with Crippen molar-refractivity contribution < 1.29 is 4.39 Å². The summed E-state index contributed by atoms with van der Waals surface area (Å²) in [6.45, 7) is 1.94. The molecule has 0 atom stereocenters. The lowest BCUT2D eigenvalue weighted by molar-refractivity contribution is 0.353. The standard InChI is InChI=1S/C20H19FN2/c21-18-9-4-10-19-20(18)17(12-22-19)16-8-5-11-23(14-16)13-15-6-2-1-3-7-15/h1-4,6-7,9-10,12,14,22H,5,8,11,13H2. The Morgan fingerprint density at radius 1 is 1.04 bits per heavy atom. The fraction of sp³-hybridized carbons (Fsp3) is 0.200. The number of H-pyrrole nitrogens is 1. The third-order valence-corrected chi connectivity index (χ3v) is 4.46. The largest absolute Gasteiger partial charge is 0.373 e.